The van der Waals surface area contributed by atoms with Crippen molar-refractivity contribution in [3.05, 3.63) is 35.4 Å². The van der Waals surface area contributed by atoms with Crippen molar-refractivity contribution in [2.45, 2.75) is 52.1 Å². The molecule has 0 spiro atoms. The van der Waals surface area contributed by atoms with Crippen molar-refractivity contribution in [2.24, 2.45) is 5.92 Å². The zero-order valence-electron chi connectivity index (χ0n) is 10.9. The van der Waals surface area contributed by atoms with Gasteiger partial charge in [0.2, 0.25) is 0 Å². The molecule has 0 aliphatic carbocycles. The molecule has 0 bridgehead atoms. The van der Waals surface area contributed by atoms with Crippen molar-refractivity contribution < 1.29 is 0 Å². The van der Waals surface area contributed by atoms with Crippen molar-refractivity contribution >= 4 is 0 Å². The zero-order valence-corrected chi connectivity index (χ0v) is 10.9. The molecule has 1 aromatic rings. The Kier molecular flexibility index (Phi) is 3.07. The van der Waals surface area contributed by atoms with Gasteiger partial charge in [0.1, 0.15) is 0 Å². The maximum Gasteiger partial charge on any atom is 0.0382 e. The molecule has 1 unspecified atom stereocenters. The van der Waals surface area contributed by atoms with Crippen LogP contribution in [0.15, 0.2) is 24.3 Å². The van der Waals surface area contributed by atoms with Gasteiger partial charge < -0.3 is 5.32 Å². The Labute approximate surface area is 99.3 Å². The van der Waals surface area contributed by atoms with E-state index in [9.17, 15) is 0 Å². The number of benzene rings is 1. The van der Waals surface area contributed by atoms with Gasteiger partial charge in [-0.3, -0.25) is 0 Å². The molecule has 88 valence electrons. The highest BCUT2D eigenvalue weighted by Gasteiger charge is 2.31. The van der Waals surface area contributed by atoms with Crippen LogP contribution >= 0.6 is 0 Å². The third-order valence-electron chi connectivity index (χ3n) is 3.48. The molecule has 0 aromatic heterocycles. The summed E-state index contributed by atoms with van der Waals surface area (Å²) in [5, 5.41) is 3.78. The van der Waals surface area contributed by atoms with Crippen LogP contribution in [0.1, 0.15) is 45.2 Å². The van der Waals surface area contributed by atoms with Crippen molar-refractivity contribution in [1.82, 2.24) is 5.32 Å². The maximum absolute atomic E-state index is 3.78. The monoisotopic (exact) mass is 217 g/mol. The van der Waals surface area contributed by atoms with Crippen molar-refractivity contribution in [3.8, 4) is 0 Å². The molecule has 1 heterocycles. The molecule has 16 heavy (non-hydrogen) atoms. The zero-order chi connectivity index (χ0) is 11.8. The lowest BCUT2D eigenvalue weighted by molar-refractivity contribution is 0.282. The highest BCUT2D eigenvalue weighted by atomic mass is 15.0. The van der Waals surface area contributed by atoms with E-state index in [1.807, 2.05) is 0 Å². The van der Waals surface area contributed by atoms with Crippen LogP contribution in [0.4, 0.5) is 0 Å². The molecule has 1 aromatic carbocycles. The van der Waals surface area contributed by atoms with Gasteiger partial charge in [0.05, 0.1) is 0 Å². The van der Waals surface area contributed by atoms with Gasteiger partial charge in [0.15, 0.2) is 0 Å². The van der Waals surface area contributed by atoms with E-state index in [1.165, 1.54) is 24.0 Å². The van der Waals surface area contributed by atoms with Gasteiger partial charge in [-0.2, -0.15) is 0 Å². The van der Waals surface area contributed by atoms with Gasteiger partial charge in [-0.05, 0) is 43.7 Å². The molecule has 0 fully saturated rings. The van der Waals surface area contributed by atoms with Crippen LogP contribution in [0, 0.1) is 5.92 Å². The molecule has 0 saturated heterocycles. The molecule has 1 N–H and O–H groups in total. The maximum atomic E-state index is 3.78. The highest BCUT2D eigenvalue weighted by molar-refractivity contribution is 5.36. The van der Waals surface area contributed by atoms with Gasteiger partial charge in [-0.25, -0.2) is 0 Å². The lowest BCUT2D eigenvalue weighted by Crippen LogP contribution is -2.49. The van der Waals surface area contributed by atoms with E-state index in [-0.39, 0.29) is 5.54 Å². The fourth-order valence-electron chi connectivity index (χ4n) is 2.92. The first-order valence-corrected chi connectivity index (χ1v) is 6.35. The smallest absolute Gasteiger partial charge is 0.0382 e. The standard InChI is InChI=1S/C15H23N/c1-11(2)9-13-10-12-7-5-6-8-14(12)15(3,4)16-13/h5-8,11,13,16H,9-10H2,1-4H3. The lowest BCUT2D eigenvalue weighted by atomic mass is 9.81. The number of nitrogens with one attached hydrogen (secondary N) is 1. The Morgan fingerprint density at radius 2 is 2.00 bits per heavy atom. The van der Waals surface area contributed by atoms with Crippen LogP contribution in [-0.2, 0) is 12.0 Å². The first kappa shape index (κ1) is 11.7. The van der Waals surface area contributed by atoms with E-state index in [0.29, 0.717) is 6.04 Å². The molecule has 1 aliphatic heterocycles. The molecular formula is C15H23N. The molecule has 2 rings (SSSR count). The van der Waals surface area contributed by atoms with Crippen molar-refractivity contribution in [2.75, 3.05) is 0 Å². The number of hydrogen-bond donors (Lipinski definition) is 1. The Bertz CT molecular complexity index is 365. The molecule has 1 aliphatic rings. The Hall–Kier alpha value is -0.820. The summed E-state index contributed by atoms with van der Waals surface area (Å²) in [5.74, 6) is 0.763. The van der Waals surface area contributed by atoms with Gasteiger partial charge in [-0.1, -0.05) is 38.1 Å². The topological polar surface area (TPSA) is 12.0 Å². The van der Waals surface area contributed by atoms with E-state index in [4.69, 9.17) is 0 Å². The summed E-state index contributed by atoms with van der Waals surface area (Å²) in [5.41, 5.74) is 3.11. The molecule has 0 amide bonds. The Balaban J connectivity index is 2.26. The van der Waals surface area contributed by atoms with E-state index < -0.39 is 0 Å². The number of hydrogen-bond acceptors (Lipinski definition) is 1. The second-order valence-electron chi connectivity index (χ2n) is 5.96. The van der Waals surface area contributed by atoms with Gasteiger partial charge in [0.25, 0.3) is 0 Å². The van der Waals surface area contributed by atoms with Gasteiger partial charge >= 0.3 is 0 Å². The highest BCUT2D eigenvalue weighted by Crippen LogP contribution is 2.31. The predicted octanol–water partition coefficient (Wildman–Crippen LogP) is 3.48. The normalized spacial score (nSPS) is 23.2. The fourth-order valence-corrected chi connectivity index (χ4v) is 2.92. The van der Waals surface area contributed by atoms with Crippen molar-refractivity contribution in [1.29, 1.82) is 0 Å². The summed E-state index contributed by atoms with van der Waals surface area (Å²) >= 11 is 0. The second kappa shape index (κ2) is 4.21. The molecule has 0 saturated carbocycles. The summed E-state index contributed by atoms with van der Waals surface area (Å²) in [6, 6.07) is 9.47. The molecule has 1 heteroatoms. The average molecular weight is 217 g/mol. The fraction of sp³-hybridized carbons (Fsp3) is 0.600. The first-order valence-electron chi connectivity index (χ1n) is 6.35. The van der Waals surface area contributed by atoms with E-state index in [1.54, 1.807) is 0 Å². The van der Waals surface area contributed by atoms with Crippen LogP contribution in [0.3, 0.4) is 0 Å². The predicted molar refractivity (Wildman–Crippen MR) is 69.6 cm³/mol. The molecular weight excluding hydrogens is 194 g/mol. The molecule has 0 radical (unpaired) electrons. The van der Waals surface area contributed by atoms with Gasteiger partial charge in [0, 0.05) is 11.6 Å². The summed E-state index contributed by atoms with van der Waals surface area (Å²) in [4.78, 5) is 0. The summed E-state index contributed by atoms with van der Waals surface area (Å²) in [6.07, 6.45) is 2.44. The average Bonchev–Trinajstić information content (AvgIpc) is 2.15. The number of fused-ring (bicyclic) bond motifs is 1. The van der Waals surface area contributed by atoms with Crippen LogP contribution in [-0.4, -0.2) is 6.04 Å². The lowest BCUT2D eigenvalue weighted by Gasteiger charge is -2.39. The molecule has 1 atom stereocenters. The summed E-state index contributed by atoms with van der Waals surface area (Å²) in [6.45, 7) is 9.18. The van der Waals surface area contributed by atoms with E-state index in [0.717, 1.165) is 5.92 Å². The quantitative estimate of drug-likeness (QED) is 0.799. The van der Waals surface area contributed by atoms with Crippen molar-refractivity contribution in [3.63, 3.8) is 0 Å². The minimum absolute atomic E-state index is 0.119. The van der Waals surface area contributed by atoms with E-state index >= 15 is 0 Å². The SMILES string of the molecule is CC(C)CC1Cc2ccccc2C(C)(C)N1. The summed E-state index contributed by atoms with van der Waals surface area (Å²) in [7, 11) is 0. The van der Waals surface area contributed by atoms with Crippen LogP contribution < -0.4 is 5.32 Å². The van der Waals surface area contributed by atoms with Crippen LogP contribution in [0.25, 0.3) is 0 Å². The first-order chi connectivity index (χ1) is 7.49. The Morgan fingerprint density at radius 1 is 1.31 bits per heavy atom. The third kappa shape index (κ3) is 2.30. The number of rotatable bonds is 2. The second-order valence-corrected chi connectivity index (χ2v) is 5.96. The largest absolute Gasteiger partial charge is 0.305 e. The Morgan fingerprint density at radius 3 is 2.69 bits per heavy atom. The van der Waals surface area contributed by atoms with Gasteiger partial charge in [-0.15, -0.1) is 0 Å². The minimum Gasteiger partial charge on any atom is -0.305 e. The third-order valence-corrected chi connectivity index (χ3v) is 3.48. The van der Waals surface area contributed by atoms with Crippen LogP contribution in [0.5, 0.6) is 0 Å². The minimum atomic E-state index is 0.119. The molecule has 1 nitrogen and oxygen atoms in total. The summed E-state index contributed by atoms with van der Waals surface area (Å²) < 4.78 is 0. The van der Waals surface area contributed by atoms with Crippen LogP contribution in [0.2, 0.25) is 0 Å². The van der Waals surface area contributed by atoms with E-state index in [2.05, 4.69) is 57.3 Å².